The summed E-state index contributed by atoms with van der Waals surface area (Å²) in [6.45, 7) is 6.20. The zero-order valence-electron chi connectivity index (χ0n) is 9.38. The van der Waals surface area contributed by atoms with Crippen LogP contribution in [0.3, 0.4) is 0 Å². The number of rotatable bonds is 2. The molecule has 0 saturated heterocycles. The average molecular weight is 254 g/mol. The summed E-state index contributed by atoms with van der Waals surface area (Å²) in [6.07, 6.45) is 2.45. The van der Waals surface area contributed by atoms with Gasteiger partial charge < -0.3 is 7.43 Å². The molecule has 0 aliphatic carbocycles. The molecule has 0 unspecified atom stereocenters. The van der Waals surface area contributed by atoms with Gasteiger partial charge in [0.15, 0.2) is 0 Å². The molecule has 73 valence electrons. The third-order valence-electron chi connectivity index (χ3n) is 1.38. The molecule has 0 heterocycles. The van der Waals surface area contributed by atoms with Gasteiger partial charge >= 0.3 is 0 Å². The van der Waals surface area contributed by atoms with Gasteiger partial charge in [-0.15, -0.1) is 0 Å². The van der Waals surface area contributed by atoms with E-state index in [1.807, 2.05) is 13.8 Å². The molecule has 0 aliphatic rings. The minimum Gasteiger partial charge on any atom is -0.358 e. The molecular weight excluding hydrogens is 233 g/mol. The maximum atomic E-state index is 2.20. The quantitative estimate of drug-likeness (QED) is 0.696. The molecule has 0 aromatic heterocycles. The Morgan fingerprint density at radius 2 is 1.46 bits per heavy atom. The van der Waals surface area contributed by atoms with Crippen molar-refractivity contribution in [3.63, 3.8) is 0 Å². The Labute approximate surface area is 109 Å². The molecular formula is C12H21Y-. The summed E-state index contributed by atoms with van der Waals surface area (Å²) < 4.78 is 0. The Morgan fingerprint density at radius 1 is 1.00 bits per heavy atom. The maximum Gasteiger partial charge on any atom is 0 e. The number of aryl methyl sites for hydroxylation is 1. The molecule has 1 radical (unpaired) electrons. The van der Waals surface area contributed by atoms with E-state index in [1.165, 1.54) is 18.4 Å². The van der Waals surface area contributed by atoms with E-state index in [0.717, 1.165) is 0 Å². The van der Waals surface area contributed by atoms with Crippen LogP contribution in [0.5, 0.6) is 0 Å². The van der Waals surface area contributed by atoms with Gasteiger partial charge in [0.25, 0.3) is 0 Å². The third kappa shape index (κ3) is 10.2. The number of hydrogen-bond acceptors (Lipinski definition) is 0. The monoisotopic (exact) mass is 254 g/mol. The van der Waals surface area contributed by atoms with Gasteiger partial charge in [-0.05, 0) is 12.0 Å². The summed E-state index contributed by atoms with van der Waals surface area (Å²) in [5.41, 5.74) is 1.44. The molecule has 1 aromatic rings. The fourth-order valence-electron chi connectivity index (χ4n) is 0.933. The van der Waals surface area contributed by atoms with Gasteiger partial charge in [-0.2, -0.15) is 0 Å². The van der Waals surface area contributed by atoms with Crippen molar-refractivity contribution in [2.45, 2.75) is 33.6 Å². The zero-order valence-corrected chi connectivity index (χ0v) is 12.2. The van der Waals surface area contributed by atoms with Crippen molar-refractivity contribution in [1.29, 1.82) is 0 Å². The molecule has 0 aliphatic heterocycles. The second-order valence-electron chi connectivity index (χ2n) is 2.24. The summed E-state index contributed by atoms with van der Waals surface area (Å²) in [5.74, 6) is 0. The molecule has 1 rings (SSSR count). The molecule has 13 heavy (non-hydrogen) atoms. The predicted octanol–water partition coefficient (Wildman–Crippen LogP) is 4.11. The third-order valence-corrected chi connectivity index (χ3v) is 1.38. The normalized spacial score (nSPS) is 7.00. The van der Waals surface area contributed by atoms with Crippen LogP contribution in [-0.4, -0.2) is 0 Å². The van der Waals surface area contributed by atoms with Crippen LogP contribution >= 0.6 is 0 Å². The summed E-state index contributed by atoms with van der Waals surface area (Å²) >= 11 is 0. The van der Waals surface area contributed by atoms with Crippen LogP contribution < -0.4 is 0 Å². The second-order valence-corrected chi connectivity index (χ2v) is 2.24. The van der Waals surface area contributed by atoms with Crippen molar-refractivity contribution in [1.82, 2.24) is 0 Å². The van der Waals surface area contributed by atoms with Crippen molar-refractivity contribution < 1.29 is 32.7 Å². The first-order chi connectivity index (χ1) is 5.43. The zero-order chi connectivity index (χ0) is 8.53. The molecule has 1 aromatic carbocycles. The maximum absolute atomic E-state index is 2.20. The van der Waals surface area contributed by atoms with Crippen LogP contribution in [0.15, 0.2) is 30.3 Å². The smallest absolute Gasteiger partial charge is 0 e. The first kappa shape index (κ1) is 19.0. The standard InChI is InChI=1S/C9H12.C2H6.CH3.Y/c1-2-6-9-7-4-3-5-8-9;1-2;;/h3-5,7-8H,2,6H2,1H3;1-2H3;1H3;/q;;-1;. The van der Waals surface area contributed by atoms with Crippen LogP contribution in [-0.2, 0) is 39.1 Å². The topological polar surface area (TPSA) is 0 Å². The van der Waals surface area contributed by atoms with E-state index < -0.39 is 0 Å². The number of hydrogen-bond donors (Lipinski definition) is 0. The van der Waals surface area contributed by atoms with Gasteiger partial charge in [0.2, 0.25) is 0 Å². The Morgan fingerprint density at radius 3 is 1.85 bits per heavy atom. The average Bonchev–Trinajstić information content (AvgIpc) is 2.11. The second kappa shape index (κ2) is 14.8. The fourth-order valence-corrected chi connectivity index (χ4v) is 0.933. The van der Waals surface area contributed by atoms with E-state index in [0.29, 0.717) is 0 Å². The van der Waals surface area contributed by atoms with Crippen molar-refractivity contribution in [2.75, 3.05) is 0 Å². The largest absolute Gasteiger partial charge is 0.358 e. The first-order valence-electron chi connectivity index (χ1n) is 4.47. The molecule has 0 atom stereocenters. The first-order valence-corrected chi connectivity index (χ1v) is 4.47. The summed E-state index contributed by atoms with van der Waals surface area (Å²) in [5, 5.41) is 0. The van der Waals surface area contributed by atoms with E-state index in [2.05, 4.69) is 37.3 Å². The summed E-state index contributed by atoms with van der Waals surface area (Å²) in [6, 6.07) is 10.6. The van der Waals surface area contributed by atoms with E-state index in [9.17, 15) is 0 Å². The van der Waals surface area contributed by atoms with Crippen molar-refractivity contribution in [2.24, 2.45) is 0 Å². The predicted molar refractivity (Wildman–Crippen MR) is 58.2 cm³/mol. The minimum absolute atomic E-state index is 0. The van der Waals surface area contributed by atoms with E-state index in [1.54, 1.807) is 0 Å². The summed E-state index contributed by atoms with van der Waals surface area (Å²) in [7, 11) is 0. The van der Waals surface area contributed by atoms with E-state index in [4.69, 9.17) is 0 Å². The van der Waals surface area contributed by atoms with Crippen LogP contribution in [0, 0.1) is 7.43 Å². The number of benzene rings is 1. The Hall–Kier alpha value is 0.324. The Bertz CT molecular complexity index is 158. The van der Waals surface area contributed by atoms with E-state index >= 15 is 0 Å². The van der Waals surface area contributed by atoms with Gasteiger partial charge in [-0.25, -0.2) is 0 Å². The molecule has 0 bridgehead atoms. The van der Waals surface area contributed by atoms with E-state index in [-0.39, 0.29) is 40.1 Å². The Balaban J connectivity index is -0.000000234. The molecule has 0 amide bonds. The van der Waals surface area contributed by atoms with Gasteiger partial charge in [0.05, 0.1) is 0 Å². The fraction of sp³-hybridized carbons (Fsp3) is 0.417. The molecule has 0 nitrogen and oxygen atoms in total. The molecule has 1 heteroatoms. The van der Waals surface area contributed by atoms with Gasteiger partial charge in [-0.1, -0.05) is 57.5 Å². The molecule has 0 saturated carbocycles. The van der Waals surface area contributed by atoms with Gasteiger partial charge in [-0.3, -0.25) is 0 Å². The van der Waals surface area contributed by atoms with Gasteiger partial charge in [0.1, 0.15) is 0 Å². The Kier molecular flexibility index (Phi) is 21.7. The van der Waals surface area contributed by atoms with Crippen LogP contribution in [0.4, 0.5) is 0 Å². The SMILES string of the molecule is CC.CCCc1ccccc1.[CH3-].[Y]. The van der Waals surface area contributed by atoms with Crippen molar-refractivity contribution in [3.8, 4) is 0 Å². The molecule has 0 N–H and O–H groups in total. The minimum atomic E-state index is 0. The van der Waals surface area contributed by atoms with Crippen LogP contribution in [0.1, 0.15) is 32.8 Å². The van der Waals surface area contributed by atoms with Crippen LogP contribution in [0.2, 0.25) is 0 Å². The molecule has 0 spiro atoms. The molecule has 0 fully saturated rings. The summed E-state index contributed by atoms with van der Waals surface area (Å²) in [4.78, 5) is 0. The van der Waals surface area contributed by atoms with Crippen molar-refractivity contribution >= 4 is 0 Å². The van der Waals surface area contributed by atoms with Crippen molar-refractivity contribution in [3.05, 3.63) is 43.3 Å². The van der Waals surface area contributed by atoms with Gasteiger partial charge in [0, 0.05) is 32.7 Å². The van der Waals surface area contributed by atoms with Crippen LogP contribution in [0.25, 0.3) is 0 Å².